The Bertz CT molecular complexity index is 1110. The molecule has 1 aromatic carbocycles. The molecule has 1 unspecified atom stereocenters. The van der Waals surface area contributed by atoms with E-state index in [2.05, 4.69) is 26.7 Å². The molecule has 1 fully saturated rings. The van der Waals surface area contributed by atoms with Crippen LogP contribution in [0.2, 0.25) is 0 Å². The van der Waals surface area contributed by atoms with Gasteiger partial charge in [-0.05, 0) is 30.5 Å². The Hall–Kier alpha value is -2.87. The number of nitrogens with one attached hydrogen (secondary N) is 3. The molecule has 3 aromatic rings. The van der Waals surface area contributed by atoms with E-state index < -0.39 is 9.84 Å². The third-order valence-corrected chi connectivity index (χ3v) is 6.73. The molecule has 1 amide bonds. The zero-order valence-electron chi connectivity index (χ0n) is 15.3. The van der Waals surface area contributed by atoms with Gasteiger partial charge in [0.15, 0.2) is 9.84 Å². The summed E-state index contributed by atoms with van der Waals surface area (Å²) in [5, 5.41) is 7.29. The second-order valence-corrected chi connectivity index (χ2v) is 9.30. The van der Waals surface area contributed by atoms with Crippen molar-refractivity contribution >= 4 is 32.3 Å². The lowest BCUT2D eigenvalue weighted by Gasteiger charge is -2.12. The van der Waals surface area contributed by atoms with E-state index in [-0.39, 0.29) is 23.5 Å². The highest BCUT2D eigenvalue weighted by Crippen LogP contribution is 2.18. The van der Waals surface area contributed by atoms with Gasteiger partial charge in [0.2, 0.25) is 0 Å². The molecule has 0 saturated carbocycles. The van der Waals surface area contributed by atoms with Crippen LogP contribution in [0.3, 0.4) is 0 Å². The van der Waals surface area contributed by atoms with Gasteiger partial charge in [0.1, 0.15) is 0 Å². The summed E-state index contributed by atoms with van der Waals surface area (Å²) in [6, 6.07) is 9.58. The smallest absolute Gasteiger partial charge is 0.253 e. The molecule has 4 rings (SSSR count). The number of benzene rings is 1. The number of carbonyl (C=O) groups excluding carboxylic acids is 1. The maximum absolute atomic E-state index is 12.4. The predicted octanol–water partition coefficient (Wildman–Crippen LogP) is 2.13. The topological polar surface area (TPSA) is 104 Å². The van der Waals surface area contributed by atoms with Crippen molar-refractivity contribution in [2.45, 2.75) is 18.9 Å². The first-order valence-corrected chi connectivity index (χ1v) is 11.1. The van der Waals surface area contributed by atoms with Crippen LogP contribution in [-0.2, 0) is 16.3 Å². The molecule has 7 nitrogen and oxygen atoms in total. The summed E-state index contributed by atoms with van der Waals surface area (Å²) in [7, 11) is -3.03. The van der Waals surface area contributed by atoms with E-state index >= 15 is 0 Å². The van der Waals surface area contributed by atoms with Crippen LogP contribution < -0.4 is 10.6 Å². The molecule has 0 radical (unpaired) electrons. The first kappa shape index (κ1) is 18.5. The van der Waals surface area contributed by atoms with Crippen LogP contribution in [0.5, 0.6) is 0 Å². The van der Waals surface area contributed by atoms with Gasteiger partial charge in [0.25, 0.3) is 5.91 Å². The number of sulfone groups is 1. The van der Waals surface area contributed by atoms with Gasteiger partial charge in [-0.2, -0.15) is 0 Å². The Morgan fingerprint density at radius 1 is 1.25 bits per heavy atom. The second kappa shape index (κ2) is 7.63. The Balaban J connectivity index is 1.35. The second-order valence-electron chi connectivity index (χ2n) is 7.07. The SMILES string of the molecule is O=C(NC1CCS(=O)(=O)C1)c1cncc(NCCc2c[nH]c3ccccc23)c1. The fraction of sp³-hybridized carbons (Fsp3) is 0.300. The lowest BCUT2D eigenvalue weighted by atomic mass is 10.1. The van der Waals surface area contributed by atoms with Crippen molar-refractivity contribution in [2.24, 2.45) is 0 Å². The lowest BCUT2D eigenvalue weighted by Crippen LogP contribution is -2.35. The molecule has 1 aliphatic rings. The molecular weight excluding hydrogens is 376 g/mol. The Morgan fingerprint density at radius 3 is 2.93 bits per heavy atom. The standard InChI is InChI=1S/C20H22N4O3S/c25-20(24-16-6-8-28(26,27)13-16)15-9-17(12-21-10-15)22-7-5-14-11-23-19-4-2-1-3-18(14)19/h1-4,9-12,16,22-23H,5-8,13H2,(H,24,25). The number of nitrogens with zero attached hydrogens (tertiary/aromatic N) is 1. The van der Waals surface area contributed by atoms with Crippen LogP contribution in [0.15, 0.2) is 48.9 Å². The van der Waals surface area contributed by atoms with Crippen molar-refractivity contribution in [2.75, 3.05) is 23.4 Å². The molecule has 0 aliphatic carbocycles. The van der Waals surface area contributed by atoms with Crippen molar-refractivity contribution in [3.63, 3.8) is 0 Å². The van der Waals surface area contributed by atoms with E-state index in [1.807, 2.05) is 24.4 Å². The number of hydrogen-bond donors (Lipinski definition) is 3. The molecule has 8 heteroatoms. The van der Waals surface area contributed by atoms with E-state index in [4.69, 9.17) is 0 Å². The first-order chi connectivity index (χ1) is 13.5. The maximum Gasteiger partial charge on any atom is 0.253 e. The quantitative estimate of drug-likeness (QED) is 0.590. The van der Waals surface area contributed by atoms with Gasteiger partial charge in [0.05, 0.1) is 22.8 Å². The zero-order chi connectivity index (χ0) is 19.6. The van der Waals surface area contributed by atoms with Gasteiger partial charge >= 0.3 is 0 Å². The number of aromatic nitrogens is 2. The minimum Gasteiger partial charge on any atom is -0.383 e. The van der Waals surface area contributed by atoms with E-state index in [9.17, 15) is 13.2 Å². The van der Waals surface area contributed by atoms with Crippen molar-refractivity contribution < 1.29 is 13.2 Å². The van der Waals surface area contributed by atoms with Gasteiger partial charge in [-0.3, -0.25) is 9.78 Å². The van der Waals surface area contributed by atoms with Crippen LogP contribution in [0.25, 0.3) is 10.9 Å². The summed E-state index contributed by atoms with van der Waals surface area (Å²) < 4.78 is 23.1. The summed E-state index contributed by atoms with van der Waals surface area (Å²) >= 11 is 0. The van der Waals surface area contributed by atoms with Gasteiger partial charge in [-0.15, -0.1) is 0 Å². The summed E-state index contributed by atoms with van der Waals surface area (Å²) in [5.74, 6) is -0.157. The number of para-hydroxylation sites is 1. The molecule has 3 heterocycles. The lowest BCUT2D eigenvalue weighted by molar-refractivity contribution is 0.0941. The Kier molecular flexibility index (Phi) is 5.04. The average molecular weight is 398 g/mol. The molecule has 2 aromatic heterocycles. The number of hydrogen-bond acceptors (Lipinski definition) is 5. The van der Waals surface area contributed by atoms with Gasteiger partial charge < -0.3 is 15.6 Å². The number of aromatic amines is 1. The number of H-pyrrole nitrogens is 1. The van der Waals surface area contributed by atoms with E-state index in [1.54, 1.807) is 12.3 Å². The van der Waals surface area contributed by atoms with E-state index in [0.717, 1.165) is 17.6 Å². The predicted molar refractivity (Wildman–Crippen MR) is 109 cm³/mol. The summed E-state index contributed by atoms with van der Waals surface area (Å²) in [6.45, 7) is 0.704. The van der Waals surface area contributed by atoms with Crippen LogP contribution >= 0.6 is 0 Å². The Labute approximate surface area is 163 Å². The monoisotopic (exact) mass is 398 g/mol. The normalized spacial score (nSPS) is 18.2. The molecule has 3 N–H and O–H groups in total. The van der Waals surface area contributed by atoms with Gasteiger partial charge in [0, 0.05) is 42.1 Å². The number of rotatable bonds is 6. The molecule has 0 spiro atoms. The molecule has 1 aliphatic heterocycles. The van der Waals surface area contributed by atoms with Crippen LogP contribution in [-0.4, -0.2) is 48.4 Å². The number of fused-ring (bicyclic) bond motifs is 1. The van der Waals surface area contributed by atoms with Gasteiger partial charge in [-0.1, -0.05) is 18.2 Å². The zero-order valence-corrected chi connectivity index (χ0v) is 16.1. The molecule has 0 bridgehead atoms. The third kappa shape index (κ3) is 4.17. The van der Waals surface area contributed by atoms with E-state index in [0.29, 0.717) is 18.5 Å². The number of carbonyl (C=O) groups is 1. The number of pyridine rings is 1. The Morgan fingerprint density at radius 2 is 2.11 bits per heavy atom. The fourth-order valence-electron chi connectivity index (χ4n) is 3.52. The van der Waals surface area contributed by atoms with Crippen LogP contribution in [0.4, 0.5) is 5.69 Å². The molecule has 1 saturated heterocycles. The summed E-state index contributed by atoms with van der Waals surface area (Å²) in [6.07, 6.45) is 6.48. The minimum absolute atomic E-state index is 0.00866. The third-order valence-electron chi connectivity index (χ3n) is 4.97. The summed E-state index contributed by atoms with van der Waals surface area (Å²) in [5.41, 5.74) is 3.52. The van der Waals surface area contributed by atoms with Crippen molar-refractivity contribution in [3.05, 3.63) is 60.0 Å². The minimum atomic E-state index is -3.03. The van der Waals surface area contributed by atoms with Crippen LogP contribution in [0.1, 0.15) is 22.3 Å². The highest BCUT2D eigenvalue weighted by Gasteiger charge is 2.29. The van der Waals surface area contributed by atoms with E-state index in [1.165, 1.54) is 17.1 Å². The molecule has 28 heavy (non-hydrogen) atoms. The summed E-state index contributed by atoms with van der Waals surface area (Å²) in [4.78, 5) is 19.8. The maximum atomic E-state index is 12.4. The van der Waals surface area contributed by atoms with Crippen molar-refractivity contribution in [3.8, 4) is 0 Å². The van der Waals surface area contributed by atoms with Gasteiger partial charge in [-0.25, -0.2) is 8.42 Å². The molecule has 1 atom stereocenters. The largest absolute Gasteiger partial charge is 0.383 e. The number of amides is 1. The number of anilines is 1. The van der Waals surface area contributed by atoms with Crippen molar-refractivity contribution in [1.29, 1.82) is 0 Å². The van der Waals surface area contributed by atoms with Crippen LogP contribution in [0, 0.1) is 0 Å². The average Bonchev–Trinajstić information content (AvgIpc) is 3.25. The fourth-order valence-corrected chi connectivity index (χ4v) is 5.19. The molecule has 146 valence electrons. The highest BCUT2D eigenvalue weighted by molar-refractivity contribution is 7.91. The van der Waals surface area contributed by atoms with Crippen molar-refractivity contribution in [1.82, 2.24) is 15.3 Å². The molecular formula is C20H22N4O3S. The first-order valence-electron chi connectivity index (χ1n) is 9.25. The highest BCUT2D eigenvalue weighted by atomic mass is 32.2.